The molecule has 1 aliphatic rings. The molecule has 0 fully saturated rings. The second-order valence-corrected chi connectivity index (χ2v) is 10.2. The summed E-state index contributed by atoms with van der Waals surface area (Å²) in [6.07, 6.45) is 0. The minimum atomic E-state index is -3.97. The number of carbonyl (C=O) groups is 2. The molecule has 1 aromatic heterocycles. The molecule has 3 aromatic rings. The van der Waals surface area contributed by atoms with Gasteiger partial charge in [-0.05, 0) is 51.5 Å². The lowest BCUT2D eigenvalue weighted by atomic mass is 10.1. The van der Waals surface area contributed by atoms with Gasteiger partial charge in [0.25, 0.3) is 21.8 Å². The summed E-state index contributed by atoms with van der Waals surface area (Å²) in [5, 5.41) is 7.45. The van der Waals surface area contributed by atoms with Crippen molar-refractivity contribution in [3.8, 4) is 0 Å². The van der Waals surface area contributed by atoms with Crippen LogP contribution in [0.5, 0.6) is 0 Å². The minimum absolute atomic E-state index is 0.0918. The highest BCUT2D eigenvalue weighted by atomic mass is 32.2. The normalized spacial score (nSPS) is 14.6. The minimum Gasteiger partial charge on any atom is -0.348 e. The van der Waals surface area contributed by atoms with Crippen LogP contribution < -0.4 is 5.32 Å². The smallest absolute Gasteiger partial charge is 0.269 e. The van der Waals surface area contributed by atoms with Crippen molar-refractivity contribution in [1.29, 1.82) is 0 Å². The summed E-state index contributed by atoms with van der Waals surface area (Å²) in [7, 11) is -3.97. The first-order valence-electron chi connectivity index (χ1n) is 10.7. The van der Waals surface area contributed by atoms with Gasteiger partial charge in [-0.2, -0.15) is 5.10 Å². The highest BCUT2D eigenvalue weighted by Crippen LogP contribution is 2.32. The fourth-order valence-corrected chi connectivity index (χ4v) is 5.86. The number of aryl methyl sites for hydroxylation is 1. The van der Waals surface area contributed by atoms with Crippen LogP contribution >= 0.6 is 0 Å². The topological polar surface area (TPSA) is 101 Å². The van der Waals surface area contributed by atoms with Gasteiger partial charge in [-0.3, -0.25) is 14.3 Å². The first kappa shape index (κ1) is 22.7. The number of fused-ring (bicyclic) bond motifs is 1. The molecule has 0 bridgehead atoms. The monoisotopic (exact) mass is 466 g/mol. The van der Waals surface area contributed by atoms with E-state index >= 15 is 0 Å². The quantitative estimate of drug-likeness (QED) is 0.602. The zero-order valence-electron chi connectivity index (χ0n) is 19.0. The predicted molar refractivity (Wildman–Crippen MR) is 123 cm³/mol. The number of rotatable bonds is 6. The number of nitrogens with zero attached hydrogens (tertiary/aromatic N) is 3. The molecule has 2 heterocycles. The average Bonchev–Trinajstić information content (AvgIpc) is 3.15. The van der Waals surface area contributed by atoms with Gasteiger partial charge in [0.15, 0.2) is 0 Å². The fraction of sp³-hybridized carbons (Fsp3) is 0.292. The molecule has 172 valence electrons. The molecule has 0 radical (unpaired) electrons. The Morgan fingerprint density at radius 2 is 1.79 bits per heavy atom. The van der Waals surface area contributed by atoms with Gasteiger partial charge in [-0.1, -0.05) is 30.3 Å². The molecule has 0 atom stereocenters. The van der Waals surface area contributed by atoms with Crippen LogP contribution in [0, 0.1) is 13.8 Å². The zero-order valence-corrected chi connectivity index (χ0v) is 19.8. The summed E-state index contributed by atoms with van der Waals surface area (Å²) in [6.45, 7) is 8.01. The van der Waals surface area contributed by atoms with Crippen LogP contribution in [0.3, 0.4) is 0 Å². The van der Waals surface area contributed by atoms with Crippen LogP contribution in [-0.4, -0.2) is 40.4 Å². The maximum absolute atomic E-state index is 12.8. The molecule has 0 spiro atoms. The van der Waals surface area contributed by atoms with E-state index < -0.39 is 27.9 Å². The Bertz CT molecular complexity index is 1340. The van der Waals surface area contributed by atoms with E-state index in [1.54, 1.807) is 13.8 Å². The second kappa shape index (κ2) is 8.47. The highest BCUT2D eigenvalue weighted by Gasteiger charge is 2.42. The maximum Gasteiger partial charge on any atom is 0.269 e. The van der Waals surface area contributed by atoms with E-state index in [1.165, 1.54) is 18.2 Å². The van der Waals surface area contributed by atoms with E-state index in [4.69, 9.17) is 0 Å². The van der Waals surface area contributed by atoms with Gasteiger partial charge in [0.05, 0.1) is 17.8 Å². The molecule has 8 nitrogen and oxygen atoms in total. The van der Waals surface area contributed by atoms with Gasteiger partial charge >= 0.3 is 0 Å². The van der Waals surface area contributed by atoms with E-state index in [1.807, 2.05) is 48.9 Å². The summed E-state index contributed by atoms with van der Waals surface area (Å²) in [5.74, 6) is -0.984. The van der Waals surface area contributed by atoms with Crippen molar-refractivity contribution in [3.63, 3.8) is 0 Å². The average molecular weight is 467 g/mol. The third kappa shape index (κ3) is 4.04. The van der Waals surface area contributed by atoms with Crippen molar-refractivity contribution in [2.24, 2.45) is 0 Å². The molecule has 2 amide bonds. The van der Waals surface area contributed by atoms with Crippen LogP contribution in [-0.2, 0) is 23.1 Å². The van der Waals surface area contributed by atoms with Gasteiger partial charge in [0.1, 0.15) is 4.90 Å². The summed E-state index contributed by atoms with van der Waals surface area (Å²) < 4.78 is 28.3. The van der Waals surface area contributed by atoms with Crippen molar-refractivity contribution in [2.45, 2.75) is 51.7 Å². The summed E-state index contributed by atoms with van der Waals surface area (Å²) >= 11 is 0. The Kier molecular flexibility index (Phi) is 5.84. The number of benzene rings is 2. The summed E-state index contributed by atoms with van der Waals surface area (Å²) in [6, 6.07) is 13.6. The van der Waals surface area contributed by atoms with Gasteiger partial charge in [-0.25, -0.2) is 12.7 Å². The molecule has 0 unspecified atom stereocenters. The molecule has 0 saturated heterocycles. The Balaban J connectivity index is 1.52. The van der Waals surface area contributed by atoms with Crippen molar-refractivity contribution >= 4 is 21.8 Å². The van der Waals surface area contributed by atoms with Crippen molar-refractivity contribution in [1.82, 2.24) is 19.4 Å². The summed E-state index contributed by atoms with van der Waals surface area (Å²) in [4.78, 5) is 25.2. The van der Waals surface area contributed by atoms with Gasteiger partial charge < -0.3 is 5.32 Å². The molecular weight excluding hydrogens is 440 g/mol. The Hall–Kier alpha value is -3.46. The lowest BCUT2D eigenvalue weighted by Crippen LogP contribution is -2.36. The Morgan fingerprint density at radius 3 is 2.45 bits per heavy atom. The largest absolute Gasteiger partial charge is 0.348 e. The van der Waals surface area contributed by atoms with E-state index in [9.17, 15) is 18.0 Å². The highest BCUT2D eigenvalue weighted by molar-refractivity contribution is 7.90. The van der Waals surface area contributed by atoms with Gasteiger partial charge in [-0.15, -0.1) is 0 Å². The first-order valence-corrected chi connectivity index (χ1v) is 12.1. The number of aromatic nitrogens is 2. The molecule has 1 aliphatic heterocycles. The number of sulfonamides is 1. The molecule has 4 rings (SSSR count). The summed E-state index contributed by atoms with van der Waals surface area (Å²) in [5.41, 5.74) is 4.08. The van der Waals surface area contributed by atoms with Crippen LogP contribution in [0.1, 0.15) is 57.1 Å². The number of hydrogen-bond donors (Lipinski definition) is 1. The number of nitrogens with one attached hydrogen (secondary N) is 1. The molecular formula is C24H26N4O4S. The third-order valence-electron chi connectivity index (χ3n) is 5.81. The molecule has 1 N–H and O–H groups in total. The van der Waals surface area contributed by atoms with E-state index in [2.05, 4.69) is 10.4 Å². The Labute approximate surface area is 193 Å². The van der Waals surface area contributed by atoms with Crippen LogP contribution in [0.15, 0.2) is 53.4 Å². The molecule has 33 heavy (non-hydrogen) atoms. The molecule has 0 saturated carbocycles. The van der Waals surface area contributed by atoms with Gasteiger partial charge in [0.2, 0.25) is 0 Å². The van der Waals surface area contributed by atoms with E-state index in [0.717, 1.165) is 26.8 Å². The number of amides is 2. The SMILES string of the molecule is Cc1nn(Cc2ccccc2)c(C)c1CNC(=O)c1ccc2c(c1)S(=O)(=O)N(C(C)C)C2=O. The lowest BCUT2D eigenvalue weighted by Gasteiger charge is -2.18. The van der Waals surface area contributed by atoms with E-state index in [0.29, 0.717) is 6.54 Å². The molecule has 0 aliphatic carbocycles. The number of carbonyl (C=O) groups excluding carboxylic acids is 2. The predicted octanol–water partition coefficient (Wildman–Crippen LogP) is 3.03. The van der Waals surface area contributed by atoms with Crippen molar-refractivity contribution in [3.05, 3.63) is 82.2 Å². The van der Waals surface area contributed by atoms with Crippen molar-refractivity contribution in [2.75, 3.05) is 0 Å². The zero-order chi connectivity index (χ0) is 23.9. The number of hydrogen-bond acceptors (Lipinski definition) is 5. The molecule has 2 aromatic carbocycles. The third-order valence-corrected chi connectivity index (χ3v) is 7.81. The maximum atomic E-state index is 12.8. The van der Waals surface area contributed by atoms with E-state index in [-0.39, 0.29) is 22.6 Å². The van der Waals surface area contributed by atoms with Crippen LogP contribution in [0.4, 0.5) is 0 Å². The fourth-order valence-electron chi connectivity index (χ4n) is 4.07. The first-order chi connectivity index (χ1) is 15.6. The van der Waals surface area contributed by atoms with Crippen LogP contribution in [0.2, 0.25) is 0 Å². The lowest BCUT2D eigenvalue weighted by molar-refractivity contribution is 0.0845. The standard InChI is InChI=1S/C24H26N4O4S/c1-15(2)28-24(30)20-11-10-19(12-22(20)33(28,31)32)23(29)25-13-21-16(3)26-27(17(21)4)14-18-8-6-5-7-9-18/h5-12,15H,13-14H2,1-4H3,(H,25,29). The van der Waals surface area contributed by atoms with Gasteiger partial charge in [0, 0.05) is 29.4 Å². The van der Waals surface area contributed by atoms with Crippen LogP contribution in [0.25, 0.3) is 0 Å². The van der Waals surface area contributed by atoms with Crippen molar-refractivity contribution < 1.29 is 18.0 Å². The Morgan fingerprint density at radius 1 is 1.09 bits per heavy atom. The molecule has 9 heteroatoms. The second-order valence-electron chi connectivity index (χ2n) is 8.39.